The lowest BCUT2D eigenvalue weighted by Gasteiger charge is -2.22. The van der Waals surface area contributed by atoms with E-state index >= 15 is 0 Å². The second kappa shape index (κ2) is 12.1. The van der Waals surface area contributed by atoms with Gasteiger partial charge in [-0.3, -0.25) is 9.79 Å². The van der Waals surface area contributed by atoms with E-state index in [1.165, 1.54) is 19.3 Å². The van der Waals surface area contributed by atoms with E-state index in [9.17, 15) is 4.79 Å². The average molecular weight is 391 g/mol. The summed E-state index contributed by atoms with van der Waals surface area (Å²) in [5.41, 5.74) is 0.840. The number of rotatable bonds is 9. The van der Waals surface area contributed by atoms with Crippen molar-refractivity contribution in [3.8, 4) is 11.5 Å². The van der Waals surface area contributed by atoms with Gasteiger partial charge in [-0.1, -0.05) is 19.3 Å². The quantitative estimate of drug-likeness (QED) is 0.445. The molecule has 0 aliphatic heterocycles. The molecule has 7 heteroatoms. The molecule has 1 aliphatic carbocycles. The second-order valence-electron chi connectivity index (χ2n) is 6.84. The summed E-state index contributed by atoms with van der Waals surface area (Å²) in [5.74, 6) is 2.08. The Morgan fingerprint density at radius 2 is 1.96 bits per heavy atom. The molecule has 0 saturated heterocycles. The van der Waals surface area contributed by atoms with Gasteiger partial charge in [0.2, 0.25) is 5.91 Å². The van der Waals surface area contributed by atoms with Gasteiger partial charge in [-0.05, 0) is 38.8 Å². The molecule has 0 aromatic heterocycles. The molecule has 1 fully saturated rings. The molecule has 0 heterocycles. The van der Waals surface area contributed by atoms with Crippen LogP contribution in [-0.2, 0) is 4.79 Å². The van der Waals surface area contributed by atoms with E-state index in [2.05, 4.69) is 20.9 Å². The van der Waals surface area contributed by atoms with Crippen LogP contribution in [0, 0.1) is 0 Å². The molecule has 1 amide bonds. The fraction of sp³-hybridized carbons (Fsp3) is 0.619. The molecule has 3 N–H and O–H groups in total. The van der Waals surface area contributed by atoms with Gasteiger partial charge in [0.15, 0.2) is 17.5 Å². The predicted molar refractivity (Wildman–Crippen MR) is 113 cm³/mol. The Hall–Kier alpha value is -2.44. The molecule has 0 spiro atoms. The number of hydrogen-bond acceptors (Lipinski definition) is 4. The van der Waals surface area contributed by atoms with Crippen molar-refractivity contribution in [3.63, 3.8) is 0 Å². The molecule has 1 saturated carbocycles. The summed E-state index contributed by atoms with van der Waals surface area (Å²) in [6.45, 7) is 5.68. The Morgan fingerprint density at radius 1 is 1.18 bits per heavy atom. The van der Waals surface area contributed by atoms with Gasteiger partial charge in [0.1, 0.15) is 0 Å². The summed E-state index contributed by atoms with van der Waals surface area (Å²) in [5, 5.41) is 9.58. The predicted octanol–water partition coefficient (Wildman–Crippen LogP) is 3.31. The van der Waals surface area contributed by atoms with Crippen molar-refractivity contribution in [2.45, 2.75) is 58.4 Å². The minimum Gasteiger partial charge on any atom is -0.493 e. The highest BCUT2D eigenvalue weighted by molar-refractivity contribution is 5.94. The normalized spacial score (nSPS) is 15.0. The lowest BCUT2D eigenvalue weighted by molar-refractivity contribution is -0.121. The fourth-order valence-electron chi connectivity index (χ4n) is 3.28. The zero-order valence-corrected chi connectivity index (χ0v) is 17.3. The maximum Gasteiger partial charge on any atom is 0.222 e. The number of nitrogens with one attached hydrogen (secondary N) is 3. The fourth-order valence-corrected chi connectivity index (χ4v) is 3.28. The molecule has 28 heavy (non-hydrogen) atoms. The summed E-state index contributed by atoms with van der Waals surface area (Å²) >= 11 is 0. The van der Waals surface area contributed by atoms with Crippen LogP contribution < -0.4 is 25.4 Å². The molecule has 156 valence electrons. The van der Waals surface area contributed by atoms with Crippen LogP contribution in [0.15, 0.2) is 23.2 Å². The smallest absolute Gasteiger partial charge is 0.222 e. The van der Waals surface area contributed by atoms with Crippen molar-refractivity contribution >= 4 is 17.6 Å². The van der Waals surface area contributed by atoms with Gasteiger partial charge in [0.25, 0.3) is 0 Å². The molecule has 0 radical (unpaired) electrons. The Kier molecular flexibility index (Phi) is 9.45. The van der Waals surface area contributed by atoms with Crippen LogP contribution in [0.25, 0.3) is 0 Å². The summed E-state index contributed by atoms with van der Waals surface area (Å²) in [7, 11) is 1.62. The Morgan fingerprint density at radius 3 is 2.64 bits per heavy atom. The van der Waals surface area contributed by atoms with Crippen molar-refractivity contribution < 1.29 is 14.3 Å². The number of anilines is 1. The Labute approximate surface area is 168 Å². The molecule has 0 atom stereocenters. The largest absolute Gasteiger partial charge is 0.493 e. The molecule has 1 aliphatic rings. The number of amides is 1. The van der Waals surface area contributed by atoms with Crippen molar-refractivity contribution in [2.75, 3.05) is 32.1 Å². The van der Waals surface area contributed by atoms with E-state index in [0.29, 0.717) is 43.1 Å². The van der Waals surface area contributed by atoms with Crippen LogP contribution >= 0.6 is 0 Å². The molecule has 0 bridgehead atoms. The summed E-state index contributed by atoms with van der Waals surface area (Å²) in [6.07, 6.45) is 6.29. The SMILES string of the molecule is CCNC(=NCCC(=O)NC1CCCCC1)Nc1ccc(OCC)c(OC)c1. The van der Waals surface area contributed by atoms with E-state index in [4.69, 9.17) is 9.47 Å². The maximum atomic E-state index is 12.1. The highest BCUT2D eigenvalue weighted by Crippen LogP contribution is 2.30. The molecule has 0 unspecified atom stereocenters. The third-order valence-corrected chi connectivity index (χ3v) is 4.65. The van der Waals surface area contributed by atoms with Gasteiger partial charge >= 0.3 is 0 Å². The number of aliphatic imine (C=N–C) groups is 1. The third kappa shape index (κ3) is 7.29. The topological polar surface area (TPSA) is 84.0 Å². The molecule has 1 aromatic rings. The lowest BCUT2D eigenvalue weighted by Crippen LogP contribution is -2.36. The first kappa shape index (κ1) is 21.9. The van der Waals surface area contributed by atoms with E-state index in [1.54, 1.807) is 7.11 Å². The highest BCUT2D eigenvalue weighted by Gasteiger charge is 2.15. The number of guanidine groups is 1. The highest BCUT2D eigenvalue weighted by atomic mass is 16.5. The zero-order valence-electron chi connectivity index (χ0n) is 17.3. The molecule has 7 nitrogen and oxygen atoms in total. The first-order valence-electron chi connectivity index (χ1n) is 10.3. The lowest BCUT2D eigenvalue weighted by atomic mass is 9.95. The van der Waals surface area contributed by atoms with Crippen LogP contribution in [0.2, 0.25) is 0 Å². The Balaban J connectivity index is 1.89. The number of carbonyl (C=O) groups is 1. The zero-order chi connectivity index (χ0) is 20.2. The second-order valence-corrected chi connectivity index (χ2v) is 6.84. The third-order valence-electron chi connectivity index (χ3n) is 4.65. The first-order valence-corrected chi connectivity index (χ1v) is 10.3. The van der Waals surface area contributed by atoms with Crippen molar-refractivity contribution in [2.24, 2.45) is 4.99 Å². The average Bonchev–Trinajstić information content (AvgIpc) is 2.70. The number of methoxy groups -OCH3 is 1. The van der Waals surface area contributed by atoms with Crippen molar-refractivity contribution in [1.29, 1.82) is 0 Å². The van der Waals surface area contributed by atoms with Gasteiger partial charge in [-0.15, -0.1) is 0 Å². The number of hydrogen-bond donors (Lipinski definition) is 3. The van der Waals surface area contributed by atoms with Crippen molar-refractivity contribution in [1.82, 2.24) is 10.6 Å². The number of nitrogens with zero attached hydrogens (tertiary/aromatic N) is 1. The number of carbonyl (C=O) groups excluding carboxylic acids is 1. The first-order chi connectivity index (χ1) is 13.7. The van der Waals surface area contributed by atoms with E-state index in [-0.39, 0.29) is 5.91 Å². The molecular formula is C21H34N4O3. The van der Waals surface area contributed by atoms with Gasteiger partial charge in [-0.2, -0.15) is 0 Å². The van der Waals surface area contributed by atoms with E-state index < -0.39 is 0 Å². The van der Waals surface area contributed by atoms with E-state index in [0.717, 1.165) is 25.1 Å². The van der Waals surface area contributed by atoms with Crippen LogP contribution in [0.1, 0.15) is 52.4 Å². The van der Waals surface area contributed by atoms with Gasteiger partial charge in [-0.25, -0.2) is 0 Å². The molecular weight excluding hydrogens is 356 g/mol. The molecule has 2 rings (SSSR count). The van der Waals surface area contributed by atoms with Crippen LogP contribution in [0.4, 0.5) is 5.69 Å². The van der Waals surface area contributed by atoms with E-state index in [1.807, 2.05) is 32.0 Å². The molecule has 1 aromatic carbocycles. The van der Waals surface area contributed by atoms with Gasteiger partial charge in [0, 0.05) is 30.8 Å². The summed E-state index contributed by atoms with van der Waals surface area (Å²) in [6, 6.07) is 5.99. The minimum absolute atomic E-state index is 0.0780. The van der Waals surface area contributed by atoms with Crippen LogP contribution in [0.5, 0.6) is 11.5 Å². The van der Waals surface area contributed by atoms with Gasteiger partial charge in [0.05, 0.1) is 20.3 Å². The summed E-state index contributed by atoms with van der Waals surface area (Å²) in [4.78, 5) is 16.7. The maximum absolute atomic E-state index is 12.1. The minimum atomic E-state index is 0.0780. The Bertz CT molecular complexity index is 643. The number of benzene rings is 1. The van der Waals surface area contributed by atoms with Crippen LogP contribution in [0.3, 0.4) is 0 Å². The standard InChI is InChI=1S/C21H34N4O3/c1-4-22-21(23-14-13-20(26)24-16-9-7-6-8-10-16)25-17-11-12-18(28-5-2)19(15-17)27-3/h11-12,15-16H,4-10,13-14H2,1-3H3,(H,24,26)(H2,22,23,25). The van der Waals surface area contributed by atoms with Gasteiger partial charge < -0.3 is 25.4 Å². The van der Waals surface area contributed by atoms with Crippen molar-refractivity contribution in [3.05, 3.63) is 18.2 Å². The monoisotopic (exact) mass is 390 g/mol. The number of ether oxygens (including phenoxy) is 2. The summed E-state index contributed by atoms with van der Waals surface area (Å²) < 4.78 is 10.9. The van der Waals surface area contributed by atoms with Crippen LogP contribution in [-0.4, -0.2) is 44.7 Å².